The van der Waals surface area contributed by atoms with Crippen LogP contribution in [0.3, 0.4) is 0 Å². The number of nitrogens with one attached hydrogen (secondary N) is 1. The van der Waals surface area contributed by atoms with Crippen LogP contribution in [-0.4, -0.2) is 30.7 Å². The first-order valence-corrected chi connectivity index (χ1v) is 6.20. The molecule has 1 aromatic heterocycles. The fraction of sp³-hybridized carbons (Fsp3) is 0.615. The Hall–Kier alpha value is -1.09. The van der Waals surface area contributed by atoms with Crippen molar-refractivity contribution in [3.63, 3.8) is 0 Å². The summed E-state index contributed by atoms with van der Waals surface area (Å²) in [6.45, 7) is 7.64. The van der Waals surface area contributed by atoms with E-state index in [2.05, 4.69) is 34.3 Å². The Balaban J connectivity index is 2.09. The fourth-order valence-corrected chi connectivity index (χ4v) is 2.15. The van der Waals surface area contributed by atoms with Crippen molar-refractivity contribution < 1.29 is 0 Å². The monoisotopic (exact) mass is 219 g/mol. The van der Waals surface area contributed by atoms with Gasteiger partial charge in [-0.05, 0) is 38.4 Å². The van der Waals surface area contributed by atoms with E-state index in [4.69, 9.17) is 0 Å². The highest BCUT2D eigenvalue weighted by Crippen LogP contribution is 2.16. The van der Waals surface area contributed by atoms with E-state index < -0.39 is 0 Å². The van der Waals surface area contributed by atoms with Gasteiger partial charge in [0, 0.05) is 24.8 Å². The van der Waals surface area contributed by atoms with Gasteiger partial charge in [-0.25, -0.2) is 0 Å². The zero-order valence-electron chi connectivity index (χ0n) is 10.2. The zero-order chi connectivity index (χ0) is 11.4. The standard InChI is InChI=1S/C13H21N3/c1-3-12-10-16(8-4-7-14-12)13-6-5-11(2)15-9-13/h5-6,9,12,14H,3-4,7-8,10H2,1-2H3. The van der Waals surface area contributed by atoms with Gasteiger partial charge in [0.2, 0.25) is 0 Å². The molecular weight excluding hydrogens is 198 g/mol. The molecule has 0 saturated carbocycles. The molecule has 3 heteroatoms. The second-order valence-corrected chi connectivity index (χ2v) is 4.52. The van der Waals surface area contributed by atoms with Gasteiger partial charge in [0.05, 0.1) is 11.9 Å². The lowest BCUT2D eigenvalue weighted by Crippen LogP contribution is -2.37. The number of aryl methyl sites for hydroxylation is 1. The van der Waals surface area contributed by atoms with Crippen LogP contribution < -0.4 is 10.2 Å². The number of hydrogen-bond acceptors (Lipinski definition) is 3. The molecule has 1 aliphatic heterocycles. The average Bonchev–Trinajstić information content (AvgIpc) is 2.55. The minimum atomic E-state index is 0.615. The highest BCUT2D eigenvalue weighted by Gasteiger charge is 2.16. The molecule has 2 rings (SSSR count). The van der Waals surface area contributed by atoms with E-state index in [9.17, 15) is 0 Å². The average molecular weight is 219 g/mol. The van der Waals surface area contributed by atoms with Crippen LogP contribution in [0.2, 0.25) is 0 Å². The summed E-state index contributed by atoms with van der Waals surface area (Å²) in [4.78, 5) is 6.82. The lowest BCUT2D eigenvalue weighted by molar-refractivity contribution is 0.528. The molecular formula is C13H21N3. The maximum Gasteiger partial charge on any atom is 0.0553 e. The van der Waals surface area contributed by atoms with Crippen molar-refractivity contribution in [1.29, 1.82) is 0 Å². The molecule has 0 radical (unpaired) electrons. The number of aromatic nitrogens is 1. The van der Waals surface area contributed by atoms with Gasteiger partial charge >= 0.3 is 0 Å². The maximum atomic E-state index is 4.37. The molecule has 1 N–H and O–H groups in total. The summed E-state index contributed by atoms with van der Waals surface area (Å²) in [6.07, 6.45) is 4.40. The van der Waals surface area contributed by atoms with Crippen LogP contribution in [0.25, 0.3) is 0 Å². The molecule has 0 aromatic carbocycles. The predicted molar refractivity (Wildman–Crippen MR) is 67.9 cm³/mol. The highest BCUT2D eigenvalue weighted by atomic mass is 15.2. The largest absolute Gasteiger partial charge is 0.369 e. The molecule has 3 nitrogen and oxygen atoms in total. The van der Waals surface area contributed by atoms with Gasteiger partial charge in [0.25, 0.3) is 0 Å². The Kier molecular flexibility index (Phi) is 3.78. The van der Waals surface area contributed by atoms with E-state index in [1.165, 1.54) is 18.5 Å². The Labute approximate surface area is 97.9 Å². The first-order valence-electron chi connectivity index (χ1n) is 6.20. The molecule has 16 heavy (non-hydrogen) atoms. The zero-order valence-corrected chi connectivity index (χ0v) is 10.2. The SMILES string of the molecule is CCC1CN(c2ccc(C)nc2)CCCN1. The Morgan fingerprint density at radius 2 is 2.38 bits per heavy atom. The first-order chi connectivity index (χ1) is 7.79. The third-order valence-corrected chi connectivity index (χ3v) is 3.23. The van der Waals surface area contributed by atoms with Crippen molar-refractivity contribution in [2.45, 2.75) is 32.7 Å². The molecule has 1 atom stereocenters. The predicted octanol–water partition coefficient (Wildman–Crippen LogP) is 1.97. The number of rotatable bonds is 2. The quantitative estimate of drug-likeness (QED) is 0.824. The molecule has 1 saturated heterocycles. The number of hydrogen-bond donors (Lipinski definition) is 1. The summed E-state index contributed by atoms with van der Waals surface area (Å²) < 4.78 is 0. The van der Waals surface area contributed by atoms with E-state index in [1.54, 1.807) is 0 Å². The second kappa shape index (κ2) is 5.30. The second-order valence-electron chi connectivity index (χ2n) is 4.52. The maximum absolute atomic E-state index is 4.37. The van der Waals surface area contributed by atoms with Gasteiger partial charge in [-0.2, -0.15) is 0 Å². The molecule has 0 bridgehead atoms. The van der Waals surface area contributed by atoms with E-state index in [0.717, 1.165) is 25.3 Å². The van der Waals surface area contributed by atoms with Crippen LogP contribution in [0, 0.1) is 6.92 Å². The van der Waals surface area contributed by atoms with Crippen molar-refractivity contribution in [3.05, 3.63) is 24.0 Å². The normalized spacial score (nSPS) is 21.9. The molecule has 0 spiro atoms. The molecule has 2 heterocycles. The smallest absolute Gasteiger partial charge is 0.0553 e. The Morgan fingerprint density at radius 1 is 1.50 bits per heavy atom. The topological polar surface area (TPSA) is 28.2 Å². The summed E-state index contributed by atoms with van der Waals surface area (Å²) in [7, 11) is 0. The van der Waals surface area contributed by atoms with E-state index in [0.29, 0.717) is 6.04 Å². The van der Waals surface area contributed by atoms with Crippen LogP contribution in [0.1, 0.15) is 25.5 Å². The van der Waals surface area contributed by atoms with Crippen LogP contribution in [0.5, 0.6) is 0 Å². The molecule has 1 aliphatic rings. The molecule has 1 fully saturated rings. The molecule has 0 amide bonds. The van der Waals surface area contributed by atoms with Gasteiger partial charge in [0.15, 0.2) is 0 Å². The van der Waals surface area contributed by atoms with Crippen LogP contribution in [0.15, 0.2) is 18.3 Å². The van der Waals surface area contributed by atoms with Gasteiger partial charge in [-0.1, -0.05) is 6.92 Å². The minimum Gasteiger partial charge on any atom is -0.369 e. The lowest BCUT2D eigenvalue weighted by atomic mass is 10.2. The fourth-order valence-electron chi connectivity index (χ4n) is 2.15. The van der Waals surface area contributed by atoms with Gasteiger partial charge in [-0.3, -0.25) is 4.98 Å². The summed E-state index contributed by atoms with van der Waals surface area (Å²) >= 11 is 0. The van der Waals surface area contributed by atoms with Gasteiger partial charge < -0.3 is 10.2 Å². The third-order valence-electron chi connectivity index (χ3n) is 3.23. The summed E-state index contributed by atoms with van der Waals surface area (Å²) in [5.74, 6) is 0. The first kappa shape index (κ1) is 11.4. The van der Waals surface area contributed by atoms with Crippen LogP contribution in [-0.2, 0) is 0 Å². The van der Waals surface area contributed by atoms with Crippen LogP contribution >= 0.6 is 0 Å². The number of anilines is 1. The van der Waals surface area contributed by atoms with Gasteiger partial charge in [0.1, 0.15) is 0 Å². The Bertz CT molecular complexity index is 320. The number of pyridine rings is 1. The molecule has 88 valence electrons. The highest BCUT2D eigenvalue weighted by molar-refractivity contribution is 5.44. The van der Waals surface area contributed by atoms with Crippen molar-refractivity contribution in [2.75, 3.05) is 24.5 Å². The number of nitrogens with zero attached hydrogens (tertiary/aromatic N) is 2. The molecule has 1 aromatic rings. The van der Waals surface area contributed by atoms with Gasteiger partial charge in [-0.15, -0.1) is 0 Å². The van der Waals surface area contributed by atoms with Crippen molar-refractivity contribution in [1.82, 2.24) is 10.3 Å². The van der Waals surface area contributed by atoms with Crippen molar-refractivity contribution >= 4 is 5.69 Å². The summed E-state index contributed by atoms with van der Waals surface area (Å²) in [6, 6.07) is 4.89. The van der Waals surface area contributed by atoms with E-state index in [-0.39, 0.29) is 0 Å². The minimum absolute atomic E-state index is 0.615. The molecule has 1 unspecified atom stereocenters. The summed E-state index contributed by atoms with van der Waals surface area (Å²) in [5.41, 5.74) is 2.34. The van der Waals surface area contributed by atoms with Crippen LogP contribution in [0.4, 0.5) is 5.69 Å². The Morgan fingerprint density at radius 3 is 3.06 bits per heavy atom. The summed E-state index contributed by atoms with van der Waals surface area (Å²) in [5, 5.41) is 3.58. The molecule has 0 aliphatic carbocycles. The van der Waals surface area contributed by atoms with E-state index in [1.807, 2.05) is 13.1 Å². The van der Waals surface area contributed by atoms with Crippen molar-refractivity contribution in [2.24, 2.45) is 0 Å². The lowest BCUT2D eigenvalue weighted by Gasteiger charge is -2.25. The van der Waals surface area contributed by atoms with E-state index >= 15 is 0 Å². The van der Waals surface area contributed by atoms with Crippen molar-refractivity contribution in [3.8, 4) is 0 Å². The third kappa shape index (κ3) is 2.73.